The highest BCUT2D eigenvalue weighted by molar-refractivity contribution is 5.91. The Morgan fingerprint density at radius 3 is 2.55 bits per heavy atom. The van der Waals surface area contributed by atoms with Gasteiger partial charge in [0.25, 0.3) is 5.91 Å². The fraction of sp³-hybridized carbons (Fsp3) is 0.250. The summed E-state index contributed by atoms with van der Waals surface area (Å²) in [6.07, 6.45) is 1.53. The summed E-state index contributed by atoms with van der Waals surface area (Å²) in [7, 11) is 1.54. The second-order valence-electron chi connectivity index (χ2n) is 4.61. The van der Waals surface area contributed by atoms with Gasteiger partial charge in [-0.25, -0.2) is 4.79 Å². The monoisotopic (exact) mass is 303 g/mol. The predicted molar refractivity (Wildman–Crippen MR) is 78.5 cm³/mol. The molecule has 0 radical (unpaired) electrons. The molecule has 116 valence electrons. The highest BCUT2D eigenvalue weighted by Gasteiger charge is 2.14. The van der Waals surface area contributed by atoms with Crippen molar-refractivity contribution in [1.82, 2.24) is 5.32 Å². The van der Waals surface area contributed by atoms with E-state index in [0.717, 1.165) is 0 Å². The average Bonchev–Trinajstić information content (AvgIpc) is 3.07. The molecule has 1 atom stereocenters. The van der Waals surface area contributed by atoms with Crippen molar-refractivity contribution in [3.8, 4) is 5.75 Å². The third-order valence-electron chi connectivity index (χ3n) is 3.01. The summed E-state index contributed by atoms with van der Waals surface area (Å²) in [6, 6.07) is 9.65. The van der Waals surface area contributed by atoms with Crippen molar-refractivity contribution in [3.05, 3.63) is 54.0 Å². The standard InChI is InChI=1S/C16H17NO5/c1-11(14-4-3-9-21-14)17-15(18)10-22-16(19)12-5-7-13(20-2)8-6-12/h3-9,11H,10H2,1-2H3,(H,17,18)/t11-/m1/s1. The van der Waals surface area contributed by atoms with Gasteiger partial charge in [-0.1, -0.05) is 0 Å². The number of carbonyl (C=O) groups is 2. The molecule has 0 saturated carbocycles. The number of furan rings is 1. The van der Waals surface area contributed by atoms with Gasteiger partial charge in [0.05, 0.1) is 25.0 Å². The van der Waals surface area contributed by atoms with Crippen LogP contribution in [0.5, 0.6) is 5.75 Å². The number of esters is 1. The van der Waals surface area contributed by atoms with Gasteiger partial charge in [-0.2, -0.15) is 0 Å². The maximum Gasteiger partial charge on any atom is 0.338 e. The molecular weight excluding hydrogens is 286 g/mol. The smallest absolute Gasteiger partial charge is 0.338 e. The van der Waals surface area contributed by atoms with Gasteiger partial charge in [-0.3, -0.25) is 4.79 Å². The van der Waals surface area contributed by atoms with Gasteiger partial charge in [0.1, 0.15) is 11.5 Å². The lowest BCUT2D eigenvalue weighted by Crippen LogP contribution is -2.30. The van der Waals surface area contributed by atoms with Crippen LogP contribution in [0.3, 0.4) is 0 Å². The Bertz CT molecular complexity index is 618. The van der Waals surface area contributed by atoms with Crippen LogP contribution < -0.4 is 10.1 Å². The lowest BCUT2D eigenvalue weighted by molar-refractivity contribution is -0.125. The van der Waals surface area contributed by atoms with Crippen molar-refractivity contribution in [2.24, 2.45) is 0 Å². The molecule has 1 heterocycles. The van der Waals surface area contributed by atoms with E-state index in [1.54, 1.807) is 43.3 Å². The molecule has 6 heteroatoms. The first-order valence-corrected chi connectivity index (χ1v) is 6.74. The maximum absolute atomic E-state index is 11.8. The number of ether oxygens (including phenoxy) is 2. The van der Waals surface area contributed by atoms with Gasteiger partial charge in [-0.05, 0) is 43.3 Å². The van der Waals surface area contributed by atoms with Crippen molar-refractivity contribution in [1.29, 1.82) is 0 Å². The van der Waals surface area contributed by atoms with E-state index in [0.29, 0.717) is 17.1 Å². The molecule has 6 nitrogen and oxygen atoms in total. The molecule has 0 saturated heterocycles. The number of rotatable bonds is 6. The van der Waals surface area contributed by atoms with Crippen LogP contribution in [-0.2, 0) is 9.53 Å². The minimum Gasteiger partial charge on any atom is -0.497 e. The number of hydrogen-bond donors (Lipinski definition) is 1. The normalized spacial score (nSPS) is 11.5. The van der Waals surface area contributed by atoms with E-state index in [4.69, 9.17) is 13.9 Å². The summed E-state index contributed by atoms with van der Waals surface area (Å²) in [5, 5.41) is 2.68. The number of carbonyl (C=O) groups excluding carboxylic acids is 2. The van der Waals surface area contributed by atoms with E-state index in [1.165, 1.54) is 13.4 Å². The van der Waals surface area contributed by atoms with E-state index in [1.807, 2.05) is 0 Å². The lowest BCUT2D eigenvalue weighted by Gasteiger charge is -2.11. The zero-order valence-corrected chi connectivity index (χ0v) is 12.4. The SMILES string of the molecule is COc1ccc(C(=O)OCC(=O)N[C@H](C)c2ccco2)cc1. The third kappa shape index (κ3) is 4.12. The molecule has 0 spiro atoms. The third-order valence-corrected chi connectivity index (χ3v) is 3.01. The van der Waals surface area contributed by atoms with E-state index in [9.17, 15) is 9.59 Å². The summed E-state index contributed by atoms with van der Waals surface area (Å²) < 4.78 is 15.1. The Kier molecular flexibility index (Phi) is 5.19. The fourth-order valence-electron chi connectivity index (χ4n) is 1.83. The van der Waals surface area contributed by atoms with Gasteiger partial charge in [0, 0.05) is 0 Å². The molecule has 1 N–H and O–H groups in total. The van der Waals surface area contributed by atoms with E-state index < -0.39 is 11.9 Å². The van der Waals surface area contributed by atoms with Crippen LogP contribution in [0.15, 0.2) is 47.1 Å². The van der Waals surface area contributed by atoms with Gasteiger partial charge >= 0.3 is 5.97 Å². The quantitative estimate of drug-likeness (QED) is 0.829. The van der Waals surface area contributed by atoms with E-state index >= 15 is 0 Å². The molecule has 22 heavy (non-hydrogen) atoms. The van der Waals surface area contributed by atoms with Gasteiger partial charge in [0.15, 0.2) is 6.61 Å². The Morgan fingerprint density at radius 1 is 1.23 bits per heavy atom. The minimum absolute atomic E-state index is 0.290. The molecule has 0 unspecified atom stereocenters. The molecule has 1 amide bonds. The predicted octanol–water partition coefficient (Wildman–Crippen LogP) is 2.32. The minimum atomic E-state index is -0.566. The summed E-state index contributed by atoms with van der Waals surface area (Å²) in [4.78, 5) is 23.5. The number of methoxy groups -OCH3 is 1. The second-order valence-corrected chi connectivity index (χ2v) is 4.61. The van der Waals surface area contributed by atoms with Gasteiger partial charge < -0.3 is 19.2 Å². The van der Waals surface area contributed by atoms with Crippen LogP contribution in [0.1, 0.15) is 29.1 Å². The van der Waals surface area contributed by atoms with Crippen molar-refractivity contribution in [2.75, 3.05) is 13.7 Å². The number of benzene rings is 1. The van der Waals surface area contributed by atoms with Crippen LogP contribution in [0, 0.1) is 0 Å². The highest BCUT2D eigenvalue weighted by Crippen LogP contribution is 2.13. The molecule has 0 aliphatic rings. The zero-order chi connectivity index (χ0) is 15.9. The lowest BCUT2D eigenvalue weighted by atomic mass is 10.2. The molecular formula is C16H17NO5. The fourth-order valence-corrected chi connectivity index (χ4v) is 1.83. The second kappa shape index (κ2) is 7.31. The molecule has 2 rings (SSSR count). The Hall–Kier alpha value is -2.76. The molecule has 0 aliphatic heterocycles. The Balaban J connectivity index is 1.81. The summed E-state index contributed by atoms with van der Waals surface area (Å²) in [5.74, 6) is 0.311. The summed E-state index contributed by atoms with van der Waals surface area (Å²) in [6.45, 7) is 1.43. The first-order valence-electron chi connectivity index (χ1n) is 6.74. The average molecular weight is 303 g/mol. The van der Waals surface area contributed by atoms with Crippen LogP contribution in [0.25, 0.3) is 0 Å². The van der Waals surface area contributed by atoms with Crippen molar-refractivity contribution in [2.45, 2.75) is 13.0 Å². The van der Waals surface area contributed by atoms with Crippen LogP contribution >= 0.6 is 0 Å². The first kappa shape index (κ1) is 15.6. The first-order chi connectivity index (χ1) is 10.6. The van der Waals surface area contributed by atoms with Gasteiger partial charge in [0.2, 0.25) is 0 Å². The topological polar surface area (TPSA) is 77.8 Å². The number of hydrogen-bond acceptors (Lipinski definition) is 5. The number of amides is 1. The van der Waals surface area contributed by atoms with E-state index in [2.05, 4.69) is 5.32 Å². The Morgan fingerprint density at radius 2 is 1.95 bits per heavy atom. The van der Waals surface area contributed by atoms with Crippen molar-refractivity contribution < 1.29 is 23.5 Å². The van der Waals surface area contributed by atoms with Crippen molar-refractivity contribution in [3.63, 3.8) is 0 Å². The molecule has 0 bridgehead atoms. The summed E-state index contributed by atoms with van der Waals surface area (Å²) in [5.41, 5.74) is 0.354. The van der Waals surface area contributed by atoms with Crippen LogP contribution in [-0.4, -0.2) is 25.6 Å². The van der Waals surface area contributed by atoms with Crippen molar-refractivity contribution >= 4 is 11.9 Å². The Labute approximate surface area is 128 Å². The van der Waals surface area contributed by atoms with Crippen LogP contribution in [0.2, 0.25) is 0 Å². The highest BCUT2D eigenvalue weighted by atomic mass is 16.5. The molecule has 0 fully saturated rings. The van der Waals surface area contributed by atoms with E-state index in [-0.39, 0.29) is 12.6 Å². The molecule has 0 aliphatic carbocycles. The summed E-state index contributed by atoms with van der Waals surface area (Å²) >= 11 is 0. The molecule has 1 aromatic carbocycles. The zero-order valence-electron chi connectivity index (χ0n) is 12.4. The van der Waals surface area contributed by atoms with Gasteiger partial charge in [-0.15, -0.1) is 0 Å². The molecule has 1 aromatic heterocycles. The molecule has 2 aromatic rings. The number of nitrogens with one attached hydrogen (secondary N) is 1. The maximum atomic E-state index is 11.8. The van der Waals surface area contributed by atoms with Crippen LogP contribution in [0.4, 0.5) is 0 Å². The largest absolute Gasteiger partial charge is 0.497 e.